The molecule has 0 bridgehead atoms. The number of thiophene rings is 1. The first kappa shape index (κ1) is 11.7. The Hall–Kier alpha value is -2.34. The standard InChI is InChI=1S/C13H10N4OS/c1-8-2-3-11(15-4-8)17-13(18)9-6-19-10-5-14-7-16-12(9)10/h2-7H,1H3,(H,15,17,18). The summed E-state index contributed by atoms with van der Waals surface area (Å²) in [5.41, 5.74) is 2.26. The molecule has 0 aromatic carbocycles. The van der Waals surface area contributed by atoms with Gasteiger partial charge in [-0.15, -0.1) is 11.3 Å². The summed E-state index contributed by atoms with van der Waals surface area (Å²) in [5, 5.41) is 4.54. The zero-order valence-corrected chi connectivity index (χ0v) is 10.9. The summed E-state index contributed by atoms with van der Waals surface area (Å²) in [7, 11) is 0. The van der Waals surface area contributed by atoms with Crippen LogP contribution in [0.3, 0.4) is 0 Å². The second kappa shape index (κ2) is 4.74. The lowest BCUT2D eigenvalue weighted by atomic mass is 10.2. The number of fused-ring (bicyclic) bond motifs is 1. The number of amides is 1. The van der Waals surface area contributed by atoms with Crippen molar-refractivity contribution in [1.82, 2.24) is 15.0 Å². The van der Waals surface area contributed by atoms with Crippen molar-refractivity contribution in [2.24, 2.45) is 0 Å². The molecule has 0 spiro atoms. The topological polar surface area (TPSA) is 67.8 Å². The van der Waals surface area contributed by atoms with E-state index in [1.165, 1.54) is 17.7 Å². The van der Waals surface area contributed by atoms with E-state index in [-0.39, 0.29) is 5.91 Å². The third-order valence-electron chi connectivity index (χ3n) is 2.64. The van der Waals surface area contributed by atoms with Crippen molar-refractivity contribution < 1.29 is 4.79 Å². The van der Waals surface area contributed by atoms with Gasteiger partial charge in [0.1, 0.15) is 12.1 Å². The van der Waals surface area contributed by atoms with Crippen molar-refractivity contribution in [1.29, 1.82) is 0 Å². The Morgan fingerprint density at radius 2 is 2.16 bits per heavy atom. The number of anilines is 1. The number of carbonyl (C=O) groups excluding carboxylic acids is 1. The number of pyridine rings is 1. The summed E-state index contributed by atoms with van der Waals surface area (Å²) >= 11 is 1.45. The quantitative estimate of drug-likeness (QED) is 0.777. The molecule has 6 heteroatoms. The molecule has 3 aromatic rings. The number of nitrogens with zero attached hydrogens (tertiary/aromatic N) is 3. The zero-order chi connectivity index (χ0) is 13.2. The Bertz CT molecular complexity index is 736. The maximum absolute atomic E-state index is 12.2. The third kappa shape index (κ3) is 2.30. The summed E-state index contributed by atoms with van der Waals surface area (Å²) in [6.45, 7) is 1.95. The average Bonchev–Trinajstić information content (AvgIpc) is 2.85. The number of aryl methyl sites for hydroxylation is 1. The van der Waals surface area contributed by atoms with E-state index in [9.17, 15) is 4.79 Å². The molecule has 0 aliphatic carbocycles. The minimum atomic E-state index is -0.207. The molecule has 0 aliphatic rings. The van der Waals surface area contributed by atoms with Crippen LogP contribution in [0.4, 0.5) is 5.82 Å². The molecular formula is C13H10N4OS. The highest BCUT2D eigenvalue weighted by molar-refractivity contribution is 7.17. The van der Waals surface area contributed by atoms with Gasteiger partial charge in [-0.1, -0.05) is 6.07 Å². The molecule has 19 heavy (non-hydrogen) atoms. The molecule has 3 heterocycles. The van der Waals surface area contributed by atoms with Gasteiger partial charge in [0, 0.05) is 17.8 Å². The predicted molar refractivity (Wildman–Crippen MR) is 74.3 cm³/mol. The van der Waals surface area contributed by atoms with E-state index in [0.717, 1.165) is 10.3 Å². The van der Waals surface area contributed by atoms with Crippen LogP contribution in [-0.4, -0.2) is 20.9 Å². The number of nitrogens with one attached hydrogen (secondary N) is 1. The molecule has 5 nitrogen and oxygen atoms in total. The first-order chi connectivity index (χ1) is 9.24. The van der Waals surface area contributed by atoms with Crippen LogP contribution in [0.1, 0.15) is 15.9 Å². The van der Waals surface area contributed by atoms with Gasteiger partial charge in [0.15, 0.2) is 0 Å². The Morgan fingerprint density at radius 3 is 2.95 bits per heavy atom. The largest absolute Gasteiger partial charge is 0.306 e. The molecule has 0 saturated heterocycles. The fourth-order valence-corrected chi connectivity index (χ4v) is 2.53. The van der Waals surface area contributed by atoms with Crippen molar-refractivity contribution in [2.45, 2.75) is 6.92 Å². The Kier molecular flexibility index (Phi) is 2.92. The van der Waals surface area contributed by atoms with Gasteiger partial charge in [-0.25, -0.2) is 15.0 Å². The van der Waals surface area contributed by atoms with E-state index in [1.807, 2.05) is 13.0 Å². The monoisotopic (exact) mass is 270 g/mol. The van der Waals surface area contributed by atoms with Crippen LogP contribution in [0.2, 0.25) is 0 Å². The highest BCUT2D eigenvalue weighted by Crippen LogP contribution is 2.23. The molecule has 0 radical (unpaired) electrons. The van der Waals surface area contributed by atoms with Crippen molar-refractivity contribution in [2.75, 3.05) is 5.32 Å². The van der Waals surface area contributed by atoms with E-state index < -0.39 is 0 Å². The van der Waals surface area contributed by atoms with Crippen LogP contribution < -0.4 is 5.32 Å². The van der Waals surface area contributed by atoms with Crippen LogP contribution >= 0.6 is 11.3 Å². The van der Waals surface area contributed by atoms with Crippen molar-refractivity contribution in [3.05, 3.63) is 47.4 Å². The van der Waals surface area contributed by atoms with Gasteiger partial charge in [0.2, 0.25) is 0 Å². The highest BCUT2D eigenvalue weighted by atomic mass is 32.1. The maximum Gasteiger partial charge on any atom is 0.259 e. The number of carbonyl (C=O) groups is 1. The molecule has 1 N–H and O–H groups in total. The van der Waals surface area contributed by atoms with Crippen LogP contribution in [0.15, 0.2) is 36.2 Å². The van der Waals surface area contributed by atoms with Crippen molar-refractivity contribution in [3.63, 3.8) is 0 Å². The zero-order valence-electron chi connectivity index (χ0n) is 10.1. The minimum absolute atomic E-state index is 0.207. The number of aromatic nitrogens is 3. The summed E-state index contributed by atoms with van der Waals surface area (Å²) in [5.74, 6) is 0.324. The first-order valence-corrected chi connectivity index (χ1v) is 6.53. The van der Waals surface area contributed by atoms with Crippen LogP contribution in [-0.2, 0) is 0 Å². The Morgan fingerprint density at radius 1 is 1.26 bits per heavy atom. The molecule has 0 unspecified atom stereocenters. The van der Waals surface area contributed by atoms with E-state index >= 15 is 0 Å². The van der Waals surface area contributed by atoms with Gasteiger partial charge < -0.3 is 5.32 Å². The lowest BCUT2D eigenvalue weighted by molar-refractivity contribution is 0.102. The van der Waals surface area contributed by atoms with Gasteiger partial charge >= 0.3 is 0 Å². The molecule has 3 aromatic heterocycles. The van der Waals surface area contributed by atoms with E-state index in [2.05, 4.69) is 20.3 Å². The van der Waals surface area contributed by atoms with Gasteiger partial charge in [-0.05, 0) is 18.6 Å². The fraction of sp³-hybridized carbons (Fsp3) is 0.0769. The molecule has 0 aliphatic heterocycles. The van der Waals surface area contributed by atoms with Crippen LogP contribution in [0.5, 0.6) is 0 Å². The minimum Gasteiger partial charge on any atom is -0.306 e. The summed E-state index contributed by atoms with van der Waals surface area (Å²) in [6.07, 6.45) is 4.85. The van der Waals surface area contributed by atoms with Crippen LogP contribution in [0, 0.1) is 6.92 Å². The lowest BCUT2D eigenvalue weighted by Gasteiger charge is -2.03. The van der Waals surface area contributed by atoms with Gasteiger partial charge in [-0.2, -0.15) is 0 Å². The second-order valence-electron chi connectivity index (χ2n) is 4.06. The first-order valence-electron chi connectivity index (χ1n) is 5.65. The summed E-state index contributed by atoms with van der Waals surface area (Å²) in [4.78, 5) is 24.4. The molecule has 1 amide bonds. The summed E-state index contributed by atoms with van der Waals surface area (Å²) in [6, 6.07) is 3.67. The van der Waals surface area contributed by atoms with E-state index in [0.29, 0.717) is 16.9 Å². The molecule has 0 fully saturated rings. The van der Waals surface area contributed by atoms with E-state index in [1.54, 1.807) is 23.8 Å². The Balaban J connectivity index is 1.90. The molecule has 0 atom stereocenters. The predicted octanol–water partition coefficient (Wildman–Crippen LogP) is 2.65. The number of hydrogen-bond donors (Lipinski definition) is 1. The molecule has 3 rings (SSSR count). The SMILES string of the molecule is Cc1ccc(NC(=O)c2csc3cncnc23)nc1. The Labute approximate surface area is 113 Å². The molecule has 0 saturated carbocycles. The normalized spacial score (nSPS) is 10.6. The molecule has 94 valence electrons. The lowest BCUT2D eigenvalue weighted by Crippen LogP contribution is -2.12. The van der Waals surface area contributed by atoms with Crippen LogP contribution in [0.25, 0.3) is 10.2 Å². The summed E-state index contributed by atoms with van der Waals surface area (Å²) < 4.78 is 0.893. The molecular weight excluding hydrogens is 260 g/mol. The van der Waals surface area contributed by atoms with Gasteiger partial charge in [0.25, 0.3) is 5.91 Å². The number of rotatable bonds is 2. The van der Waals surface area contributed by atoms with Gasteiger partial charge in [0.05, 0.1) is 15.8 Å². The second-order valence-corrected chi connectivity index (χ2v) is 4.97. The maximum atomic E-state index is 12.2. The smallest absolute Gasteiger partial charge is 0.259 e. The average molecular weight is 270 g/mol. The van der Waals surface area contributed by atoms with E-state index in [4.69, 9.17) is 0 Å². The fourth-order valence-electron chi connectivity index (χ4n) is 1.67. The van der Waals surface area contributed by atoms with Crippen molar-refractivity contribution in [3.8, 4) is 0 Å². The van der Waals surface area contributed by atoms with Gasteiger partial charge in [-0.3, -0.25) is 4.79 Å². The highest BCUT2D eigenvalue weighted by Gasteiger charge is 2.13. The number of hydrogen-bond acceptors (Lipinski definition) is 5. The third-order valence-corrected chi connectivity index (χ3v) is 3.54. The van der Waals surface area contributed by atoms with Crippen molar-refractivity contribution >= 4 is 33.3 Å².